The van der Waals surface area contributed by atoms with E-state index in [4.69, 9.17) is 0 Å². The molecule has 2 amide bonds. The van der Waals surface area contributed by atoms with E-state index >= 15 is 0 Å². The molecule has 0 fully saturated rings. The normalized spacial score (nSPS) is 10.6. The molecular formula is C14H28N2O2. The summed E-state index contributed by atoms with van der Waals surface area (Å²) < 4.78 is 0. The van der Waals surface area contributed by atoms with E-state index < -0.39 is 0 Å². The maximum atomic E-state index is 11.8. The lowest BCUT2D eigenvalue weighted by molar-refractivity contribution is -0.133. The Morgan fingerprint density at radius 3 is 2.22 bits per heavy atom. The number of hydrogen-bond donors (Lipinski definition) is 0. The third-order valence-electron chi connectivity index (χ3n) is 2.90. The standard InChI is InChI=1S/C14H28N2O2/c1-6-7-9-15(5)14(18)8-10-16(13(4)17)11-12(2)3/h12H,6-11H2,1-5H3. The van der Waals surface area contributed by atoms with Gasteiger partial charge in [-0.3, -0.25) is 9.59 Å². The summed E-state index contributed by atoms with van der Waals surface area (Å²) in [6, 6.07) is 0. The molecule has 0 unspecified atom stereocenters. The Labute approximate surface area is 111 Å². The fraction of sp³-hybridized carbons (Fsp3) is 0.857. The first-order chi connectivity index (χ1) is 8.38. The van der Waals surface area contributed by atoms with Gasteiger partial charge in [-0.15, -0.1) is 0 Å². The molecule has 0 saturated heterocycles. The van der Waals surface area contributed by atoms with Gasteiger partial charge in [0.25, 0.3) is 0 Å². The van der Waals surface area contributed by atoms with Crippen LogP contribution in [-0.2, 0) is 9.59 Å². The van der Waals surface area contributed by atoms with Crippen LogP contribution in [0.2, 0.25) is 0 Å². The maximum absolute atomic E-state index is 11.8. The van der Waals surface area contributed by atoms with Gasteiger partial charge in [-0.05, 0) is 12.3 Å². The Morgan fingerprint density at radius 1 is 1.17 bits per heavy atom. The van der Waals surface area contributed by atoms with Gasteiger partial charge >= 0.3 is 0 Å². The summed E-state index contributed by atoms with van der Waals surface area (Å²) >= 11 is 0. The van der Waals surface area contributed by atoms with Gasteiger partial charge in [0.2, 0.25) is 11.8 Å². The van der Waals surface area contributed by atoms with Crippen molar-refractivity contribution in [1.82, 2.24) is 9.80 Å². The number of nitrogens with zero attached hydrogens (tertiary/aromatic N) is 2. The molecule has 0 N–H and O–H groups in total. The first-order valence-electron chi connectivity index (χ1n) is 6.87. The summed E-state index contributed by atoms with van der Waals surface area (Å²) in [7, 11) is 1.83. The SMILES string of the molecule is CCCCN(C)C(=O)CCN(CC(C)C)C(C)=O. The minimum atomic E-state index is 0.0488. The summed E-state index contributed by atoms with van der Waals surface area (Å²) in [5.41, 5.74) is 0. The van der Waals surface area contributed by atoms with Crippen molar-refractivity contribution in [2.45, 2.75) is 47.0 Å². The smallest absolute Gasteiger partial charge is 0.224 e. The first-order valence-corrected chi connectivity index (χ1v) is 6.87. The van der Waals surface area contributed by atoms with Gasteiger partial charge in [-0.1, -0.05) is 27.2 Å². The Balaban J connectivity index is 4.10. The second-order valence-electron chi connectivity index (χ2n) is 5.28. The van der Waals surface area contributed by atoms with E-state index in [1.54, 1.807) is 16.7 Å². The van der Waals surface area contributed by atoms with Crippen molar-refractivity contribution in [1.29, 1.82) is 0 Å². The van der Waals surface area contributed by atoms with Crippen molar-refractivity contribution in [2.24, 2.45) is 5.92 Å². The Hall–Kier alpha value is -1.06. The van der Waals surface area contributed by atoms with E-state index in [1.165, 1.54) is 0 Å². The summed E-state index contributed by atoms with van der Waals surface area (Å²) in [6.07, 6.45) is 2.54. The van der Waals surface area contributed by atoms with E-state index in [1.807, 2.05) is 7.05 Å². The van der Waals surface area contributed by atoms with Crippen LogP contribution < -0.4 is 0 Å². The lowest BCUT2D eigenvalue weighted by Crippen LogP contribution is -2.36. The number of carbonyl (C=O) groups is 2. The molecule has 0 aromatic heterocycles. The molecule has 0 spiro atoms. The number of hydrogen-bond acceptors (Lipinski definition) is 2. The Morgan fingerprint density at radius 2 is 1.78 bits per heavy atom. The molecule has 106 valence electrons. The zero-order chi connectivity index (χ0) is 14.1. The predicted octanol–water partition coefficient (Wildman–Crippen LogP) is 2.14. The quantitative estimate of drug-likeness (QED) is 0.667. The van der Waals surface area contributed by atoms with Crippen LogP contribution >= 0.6 is 0 Å². The van der Waals surface area contributed by atoms with Crippen molar-refractivity contribution in [3.8, 4) is 0 Å². The van der Waals surface area contributed by atoms with Gasteiger partial charge in [0, 0.05) is 40.0 Å². The van der Waals surface area contributed by atoms with E-state index in [0.29, 0.717) is 18.9 Å². The zero-order valence-electron chi connectivity index (χ0n) is 12.5. The van der Waals surface area contributed by atoms with E-state index in [2.05, 4.69) is 20.8 Å². The van der Waals surface area contributed by atoms with Crippen molar-refractivity contribution in [3.63, 3.8) is 0 Å². The van der Waals surface area contributed by atoms with Gasteiger partial charge in [-0.2, -0.15) is 0 Å². The molecule has 0 radical (unpaired) electrons. The Kier molecular flexibility index (Phi) is 8.42. The van der Waals surface area contributed by atoms with Crippen LogP contribution in [0.5, 0.6) is 0 Å². The van der Waals surface area contributed by atoms with Crippen molar-refractivity contribution < 1.29 is 9.59 Å². The molecule has 0 aliphatic rings. The topological polar surface area (TPSA) is 40.6 Å². The molecule has 0 saturated carbocycles. The fourth-order valence-corrected chi connectivity index (χ4v) is 1.76. The average molecular weight is 256 g/mol. The predicted molar refractivity (Wildman–Crippen MR) is 74.3 cm³/mol. The number of carbonyl (C=O) groups excluding carboxylic acids is 2. The van der Waals surface area contributed by atoms with Crippen molar-refractivity contribution in [2.75, 3.05) is 26.7 Å². The summed E-state index contributed by atoms with van der Waals surface area (Å²) in [5.74, 6) is 0.605. The second kappa shape index (κ2) is 8.95. The highest BCUT2D eigenvalue weighted by Crippen LogP contribution is 2.02. The largest absolute Gasteiger partial charge is 0.346 e. The van der Waals surface area contributed by atoms with Gasteiger partial charge in [-0.25, -0.2) is 0 Å². The van der Waals surface area contributed by atoms with Crippen LogP contribution in [0.3, 0.4) is 0 Å². The minimum Gasteiger partial charge on any atom is -0.346 e. The number of unbranched alkanes of at least 4 members (excludes halogenated alkanes) is 1. The zero-order valence-corrected chi connectivity index (χ0v) is 12.5. The Bertz CT molecular complexity index is 265. The lowest BCUT2D eigenvalue weighted by Gasteiger charge is -2.24. The molecule has 0 rings (SSSR count). The number of amides is 2. The molecule has 4 heteroatoms. The third-order valence-corrected chi connectivity index (χ3v) is 2.90. The molecule has 0 aromatic rings. The first kappa shape index (κ1) is 16.9. The van der Waals surface area contributed by atoms with Crippen molar-refractivity contribution in [3.05, 3.63) is 0 Å². The molecule has 0 aliphatic carbocycles. The maximum Gasteiger partial charge on any atom is 0.224 e. The highest BCUT2D eigenvalue weighted by Gasteiger charge is 2.14. The summed E-state index contributed by atoms with van der Waals surface area (Å²) in [4.78, 5) is 26.8. The molecule has 0 heterocycles. The molecule has 0 bridgehead atoms. The van der Waals surface area contributed by atoms with Crippen LogP contribution in [0.25, 0.3) is 0 Å². The van der Waals surface area contributed by atoms with E-state index in [0.717, 1.165) is 25.9 Å². The molecular weight excluding hydrogens is 228 g/mol. The van der Waals surface area contributed by atoms with Gasteiger partial charge < -0.3 is 9.80 Å². The molecule has 4 nitrogen and oxygen atoms in total. The van der Waals surface area contributed by atoms with E-state index in [9.17, 15) is 9.59 Å². The molecule has 18 heavy (non-hydrogen) atoms. The average Bonchev–Trinajstić information content (AvgIpc) is 2.30. The minimum absolute atomic E-state index is 0.0488. The van der Waals surface area contributed by atoms with Gasteiger partial charge in [0.1, 0.15) is 0 Å². The molecule has 0 aliphatic heterocycles. The molecule has 0 aromatic carbocycles. The third kappa shape index (κ3) is 7.30. The van der Waals surface area contributed by atoms with Crippen LogP contribution in [0.1, 0.15) is 47.0 Å². The van der Waals surface area contributed by atoms with Crippen LogP contribution in [0.4, 0.5) is 0 Å². The van der Waals surface area contributed by atoms with Crippen LogP contribution in [-0.4, -0.2) is 48.3 Å². The monoisotopic (exact) mass is 256 g/mol. The highest BCUT2D eigenvalue weighted by molar-refractivity contribution is 5.77. The molecule has 0 atom stereocenters. The van der Waals surface area contributed by atoms with Crippen LogP contribution in [0, 0.1) is 5.92 Å². The summed E-state index contributed by atoms with van der Waals surface area (Å²) in [5, 5.41) is 0. The van der Waals surface area contributed by atoms with Crippen LogP contribution in [0.15, 0.2) is 0 Å². The second-order valence-corrected chi connectivity index (χ2v) is 5.28. The fourth-order valence-electron chi connectivity index (χ4n) is 1.76. The lowest BCUT2D eigenvalue weighted by atomic mass is 10.2. The highest BCUT2D eigenvalue weighted by atomic mass is 16.2. The summed E-state index contributed by atoms with van der Waals surface area (Å²) in [6.45, 7) is 9.88. The number of rotatable bonds is 8. The van der Waals surface area contributed by atoms with Crippen molar-refractivity contribution >= 4 is 11.8 Å². The van der Waals surface area contributed by atoms with E-state index in [-0.39, 0.29) is 11.8 Å². The van der Waals surface area contributed by atoms with Gasteiger partial charge in [0.15, 0.2) is 0 Å². The van der Waals surface area contributed by atoms with Gasteiger partial charge in [0.05, 0.1) is 0 Å².